The van der Waals surface area contributed by atoms with Gasteiger partial charge in [0.2, 0.25) is 5.91 Å². The molecule has 0 aliphatic carbocycles. The molecule has 0 bridgehead atoms. The highest BCUT2D eigenvalue weighted by atomic mass is 35.5. The number of carbonyl (C=O) groups is 1. The lowest BCUT2D eigenvalue weighted by atomic mass is 10.2. The molecule has 1 aromatic carbocycles. The van der Waals surface area contributed by atoms with E-state index in [1.54, 1.807) is 12.1 Å². The normalized spacial score (nSPS) is 19.2. The molecule has 1 aromatic rings. The van der Waals surface area contributed by atoms with Gasteiger partial charge in [-0.15, -0.1) is 12.4 Å². The number of rotatable bonds is 5. The number of amides is 1. The summed E-state index contributed by atoms with van der Waals surface area (Å²) in [5.74, 6) is 0.174. The first-order chi connectivity index (χ1) is 9.65. The lowest BCUT2D eigenvalue weighted by Crippen LogP contribution is -2.52. The van der Waals surface area contributed by atoms with Gasteiger partial charge in [0.15, 0.2) is 0 Å². The molecule has 7 heteroatoms. The molecule has 118 valence electrons. The summed E-state index contributed by atoms with van der Waals surface area (Å²) in [7, 11) is 0. The summed E-state index contributed by atoms with van der Waals surface area (Å²) in [4.78, 5) is 11.8. The Morgan fingerprint density at radius 1 is 1.52 bits per heavy atom. The summed E-state index contributed by atoms with van der Waals surface area (Å²) in [5.41, 5.74) is 0. The van der Waals surface area contributed by atoms with Crippen LogP contribution in [0.15, 0.2) is 24.3 Å². The quantitative estimate of drug-likeness (QED) is 0.854. The van der Waals surface area contributed by atoms with Crippen molar-refractivity contribution in [1.82, 2.24) is 10.6 Å². The molecule has 2 atom stereocenters. The molecule has 1 heterocycles. The van der Waals surface area contributed by atoms with E-state index in [2.05, 4.69) is 10.6 Å². The predicted octanol–water partition coefficient (Wildman–Crippen LogP) is 1.12. The van der Waals surface area contributed by atoms with E-state index in [9.17, 15) is 9.18 Å². The largest absolute Gasteiger partial charge is 0.489 e. The zero-order valence-electron chi connectivity index (χ0n) is 11.8. The molecule has 1 aliphatic rings. The zero-order chi connectivity index (χ0) is 14.4. The van der Waals surface area contributed by atoms with Gasteiger partial charge in [0.05, 0.1) is 19.8 Å². The van der Waals surface area contributed by atoms with Crippen molar-refractivity contribution in [3.63, 3.8) is 0 Å². The van der Waals surface area contributed by atoms with Crippen LogP contribution in [0, 0.1) is 5.82 Å². The van der Waals surface area contributed by atoms with Crippen LogP contribution in [-0.4, -0.2) is 44.4 Å². The maximum absolute atomic E-state index is 12.8. The number of halogens is 2. The van der Waals surface area contributed by atoms with Crippen molar-refractivity contribution in [2.45, 2.75) is 19.1 Å². The van der Waals surface area contributed by atoms with Crippen molar-refractivity contribution >= 4 is 18.3 Å². The van der Waals surface area contributed by atoms with Crippen LogP contribution in [0.2, 0.25) is 0 Å². The maximum atomic E-state index is 12.8. The Morgan fingerprint density at radius 2 is 2.24 bits per heavy atom. The average molecular weight is 319 g/mol. The minimum Gasteiger partial charge on any atom is -0.489 e. The summed E-state index contributed by atoms with van der Waals surface area (Å²) in [5, 5.41) is 5.88. The minimum absolute atomic E-state index is 0. The third kappa shape index (κ3) is 5.87. The Labute approximate surface area is 129 Å². The van der Waals surface area contributed by atoms with E-state index in [1.807, 2.05) is 6.92 Å². The fourth-order valence-corrected chi connectivity index (χ4v) is 1.89. The number of hydrogen-bond acceptors (Lipinski definition) is 4. The van der Waals surface area contributed by atoms with Gasteiger partial charge in [-0.05, 0) is 31.2 Å². The van der Waals surface area contributed by atoms with Crippen LogP contribution in [0.25, 0.3) is 0 Å². The van der Waals surface area contributed by atoms with Crippen molar-refractivity contribution in [3.05, 3.63) is 30.1 Å². The standard InChI is InChI=1S/C14H19FN2O3.ClH/c1-10(20-12-4-2-11(15)3-5-12)8-17-14(18)13-9-19-7-6-16-13;/h2-5,10,13,16H,6-9H2,1H3,(H,17,18);1H. The highest BCUT2D eigenvalue weighted by Gasteiger charge is 2.21. The van der Waals surface area contributed by atoms with Gasteiger partial charge in [0.25, 0.3) is 0 Å². The fraction of sp³-hybridized carbons (Fsp3) is 0.500. The van der Waals surface area contributed by atoms with Gasteiger partial charge in [0, 0.05) is 6.54 Å². The molecule has 0 aromatic heterocycles. The SMILES string of the molecule is CC(CNC(=O)C1COCCN1)Oc1ccc(F)cc1.Cl. The zero-order valence-corrected chi connectivity index (χ0v) is 12.6. The molecular weight excluding hydrogens is 299 g/mol. The highest BCUT2D eigenvalue weighted by Crippen LogP contribution is 2.12. The van der Waals surface area contributed by atoms with Crippen LogP contribution in [0.4, 0.5) is 4.39 Å². The highest BCUT2D eigenvalue weighted by molar-refractivity contribution is 5.85. The molecule has 0 spiro atoms. The Bertz CT molecular complexity index is 438. The van der Waals surface area contributed by atoms with Crippen LogP contribution in [0.5, 0.6) is 5.75 Å². The molecule has 1 amide bonds. The van der Waals surface area contributed by atoms with Crippen LogP contribution in [0.1, 0.15) is 6.92 Å². The van der Waals surface area contributed by atoms with E-state index >= 15 is 0 Å². The number of carbonyl (C=O) groups excluding carboxylic acids is 1. The molecule has 1 aliphatic heterocycles. The molecule has 0 radical (unpaired) electrons. The first kappa shape index (κ1) is 17.7. The van der Waals surface area contributed by atoms with Crippen LogP contribution >= 0.6 is 12.4 Å². The Hall–Kier alpha value is -1.37. The lowest BCUT2D eigenvalue weighted by Gasteiger charge is -2.24. The summed E-state index contributed by atoms with van der Waals surface area (Å²) < 4.78 is 23.6. The van der Waals surface area contributed by atoms with E-state index in [0.29, 0.717) is 32.1 Å². The van der Waals surface area contributed by atoms with Crippen molar-refractivity contribution < 1.29 is 18.7 Å². The maximum Gasteiger partial charge on any atom is 0.239 e. The molecule has 2 unspecified atom stereocenters. The lowest BCUT2D eigenvalue weighted by molar-refractivity contribution is -0.126. The van der Waals surface area contributed by atoms with E-state index in [4.69, 9.17) is 9.47 Å². The number of ether oxygens (including phenoxy) is 2. The third-order valence-electron chi connectivity index (χ3n) is 2.95. The number of hydrogen-bond donors (Lipinski definition) is 2. The molecule has 5 nitrogen and oxygen atoms in total. The second-order valence-electron chi connectivity index (χ2n) is 4.71. The van der Waals surface area contributed by atoms with E-state index in [1.165, 1.54) is 12.1 Å². The molecule has 2 N–H and O–H groups in total. The van der Waals surface area contributed by atoms with Crippen molar-refractivity contribution in [2.24, 2.45) is 0 Å². The molecule has 2 rings (SSSR count). The van der Waals surface area contributed by atoms with Gasteiger partial charge >= 0.3 is 0 Å². The number of nitrogens with one attached hydrogen (secondary N) is 2. The third-order valence-corrected chi connectivity index (χ3v) is 2.95. The number of morpholine rings is 1. The van der Waals surface area contributed by atoms with E-state index in [0.717, 1.165) is 0 Å². The molecular formula is C14H20ClFN2O3. The molecule has 0 saturated carbocycles. The van der Waals surface area contributed by atoms with Crippen molar-refractivity contribution in [3.8, 4) is 5.75 Å². The first-order valence-corrected chi connectivity index (χ1v) is 6.66. The number of benzene rings is 1. The van der Waals surface area contributed by atoms with Crippen LogP contribution in [-0.2, 0) is 9.53 Å². The van der Waals surface area contributed by atoms with Gasteiger partial charge in [-0.3, -0.25) is 4.79 Å². The molecule has 1 saturated heterocycles. The van der Waals surface area contributed by atoms with Gasteiger partial charge < -0.3 is 20.1 Å². The second kappa shape index (κ2) is 8.81. The second-order valence-corrected chi connectivity index (χ2v) is 4.71. The summed E-state index contributed by atoms with van der Waals surface area (Å²) >= 11 is 0. The van der Waals surface area contributed by atoms with Gasteiger partial charge in [-0.25, -0.2) is 4.39 Å². The Kier molecular flexibility index (Phi) is 7.42. The average Bonchev–Trinajstić information content (AvgIpc) is 2.48. The smallest absolute Gasteiger partial charge is 0.239 e. The van der Waals surface area contributed by atoms with Gasteiger partial charge in [-0.2, -0.15) is 0 Å². The monoisotopic (exact) mass is 318 g/mol. The molecule has 21 heavy (non-hydrogen) atoms. The summed E-state index contributed by atoms with van der Waals surface area (Å²) in [6.45, 7) is 3.93. The predicted molar refractivity (Wildman–Crippen MR) is 79.4 cm³/mol. The first-order valence-electron chi connectivity index (χ1n) is 6.66. The molecule has 1 fully saturated rings. The van der Waals surface area contributed by atoms with E-state index in [-0.39, 0.29) is 36.3 Å². The fourth-order valence-electron chi connectivity index (χ4n) is 1.89. The van der Waals surface area contributed by atoms with Crippen LogP contribution in [0.3, 0.4) is 0 Å². The van der Waals surface area contributed by atoms with E-state index < -0.39 is 0 Å². The topological polar surface area (TPSA) is 59.6 Å². The summed E-state index contributed by atoms with van der Waals surface area (Å²) in [6.07, 6.45) is -0.200. The minimum atomic E-state index is -0.304. The van der Waals surface area contributed by atoms with Gasteiger partial charge in [0.1, 0.15) is 23.7 Å². The van der Waals surface area contributed by atoms with Crippen molar-refractivity contribution in [1.29, 1.82) is 0 Å². The summed E-state index contributed by atoms with van der Waals surface area (Å²) in [6, 6.07) is 5.49. The van der Waals surface area contributed by atoms with Crippen molar-refractivity contribution in [2.75, 3.05) is 26.3 Å². The van der Waals surface area contributed by atoms with Gasteiger partial charge in [-0.1, -0.05) is 0 Å². The Morgan fingerprint density at radius 3 is 2.86 bits per heavy atom. The Balaban J connectivity index is 0.00000220. The van der Waals surface area contributed by atoms with Crippen LogP contribution < -0.4 is 15.4 Å².